The summed E-state index contributed by atoms with van der Waals surface area (Å²) in [6.45, 7) is 5.78. The fourth-order valence-electron chi connectivity index (χ4n) is 2.78. The Kier molecular flexibility index (Phi) is 4.00. The minimum absolute atomic E-state index is 0.819. The zero-order chi connectivity index (χ0) is 10.7. The Balaban J connectivity index is 1.77. The zero-order valence-corrected chi connectivity index (χ0v) is 9.99. The fraction of sp³-hybridized carbons (Fsp3) is 1.00. The molecule has 0 aromatic rings. The van der Waals surface area contributed by atoms with E-state index < -0.39 is 0 Å². The normalized spacial score (nSPS) is 28.6. The van der Waals surface area contributed by atoms with E-state index in [1.54, 1.807) is 0 Å². The number of nitrogens with two attached hydrogens (primary N) is 1. The molecule has 1 aliphatic heterocycles. The summed E-state index contributed by atoms with van der Waals surface area (Å²) < 4.78 is 0. The van der Waals surface area contributed by atoms with E-state index in [9.17, 15) is 0 Å². The van der Waals surface area contributed by atoms with E-state index in [2.05, 4.69) is 16.8 Å². The van der Waals surface area contributed by atoms with Crippen molar-refractivity contribution in [3.63, 3.8) is 0 Å². The van der Waals surface area contributed by atoms with Gasteiger partial charge in [0.1, 0.15) is 0 Å². The first-order valence-electron chi connectivity index (χ1n) is 6.42. The van der Waals surface area contributed by atoms with Crippen molar-refractivity contribution in [3.8, 4) is 0 Å². The summed E-state index contributed by atoms with van der Waals surface area (Å²) in [7, 11) is 2.25. The lowest BCUT2D eigenvalue weighted by Crippen LogP contribution is -2.41. The van der Waals surface area contributed by atoms with Gasteiger partial charge in [0.15, 0.2) is 0 Å². The number of hydrogen-bond acceptors (Lipinski definition) is 3. The van der Waals surface area contributed by atoms with Gasteiger partial charge in [0.2, 0.25) is 0 Å². The van der Waals surface area contributed by atoms with E-state index in [1.165, 1.54) is 45.3 Å². The molecule has 0 spiro atoms. The van der Waals surface area contributed by atoms with E-state index in [1.807, 2.05) is 0 Å². The van der Waals surface area contributed by atoms with E-state index in [-0.39, 0.29) is 0 Å². The van der Waals surface area contributed by atoms with Crippen LogP contribution in [0.2, 0.25) is 0 Å². The molecule has 1 aliphatic carbocycles. The molecule has 0 radical (unpaired) electrons. The average Bonchev–Trinajstić information content (AvgIpc) is 3.00. The van der Waals surface area contributed by atoms with Crippen LogP contribution < -0.4 is 5.73 Å². The van der Waals surface area contributed by atoms with Crippen LogP contribution in [0.5, 0.6) is 0 Å². The summed E-state index contributed by atoms with van der Waals surface area (Å²) in [6, 6.07) is 0.876. The third-order valence-corrected chi connectivity index (χ3v) is 3.69. The van der Waals surface area contributed by atoms with Crippen molar-refractivity contribution in [3.05, 3.63) is 0 Å². The van der Waals surface area contributed by atoms with Crippen LogP contribution in [0, 0.1) is 5.92 Å². The Hall–Kier alpha value is -0.120. The molecule has 2 aliphatic rings. The second-order valence-corrected chi connectivity index (χ2v) is 5.29. The predicted molar refractivity (Wildman–Crippen MR) is 63.9 cm³/mol. The van der Waals surface area contributed by atoms with Gasteiger partial charge in [-0.15, -0.1) is 0 Å². The van der Waals surface area contributed by atoms with Gasteiger partial charge < -0.3 is 10.6 Å². The third-order valence-electron chi connectivity index (χ3n) is 3.69. The molecule has 88 valence electrons. The number of piperidine rings is 1. The highest BCUT2D eigenvalue weighted by atomic mass is 15.2. The van der Waals surface area contributed by atoms with Crippen LogP contribution in [0.3, 0.4) is 0 Å². The third kappa shape index (κ3) is 3.44. The molecule has 0 aromatic heterocycles. The topological polar surface area (TPSA) is 32.5 Å². The maximum absolute atomic E-state index is 5.68. The van der Waals surface area contributed by atoms with Crippen LogP contribution in [-0.4, -0.2) is 55.6 Å². The van der Waals surface area contributed by atoms with Gasteiger partial charge in [0.05, 0.1) is 0 Å². The molecule has 3 heteroatoms. The summed E-state index contributed by atoms with van der Waals surface area (Å²) in [6.07, 6.45) is 5.60. The van der Waals surface area contributed by atoms with Crippen molar-refractivity contribution in [2.45, 2.75) is 31.7 Å². The van der Waals surface area contributed by atoms with Crippen LogP contribution in [0.1, 0.15) is 25.7 Å². The summed E-state index contributed by atoms with van der Waals surface area (Å²) in [5, 5.41) is 0. The van der Waals surface area contributed by atoms with Gasteiger partial charge in [-0.05, 0) is 45.2 Å². The average molecular weight is 211 g/mol. The largest absolute Gasteiger partial charge is 0.329 e. The zero-order valence-electron chi connectivity index (χ0n) is 9.99. The quantitative estimate of drug-likeness (QED) is 0.728. The number of rotatable bonds is 5. The lowest BCUT2D eigenvalue weighted by molar-refractivity contribution is 0.149. The van der Waals surface area contributed by atoms with Crippen LogP contribution in [0.25, 0.3) is 0 Å². The lowest BCUT2D eigenvalue weighted by Gasteiger charge is -2.33. The summed E-state index contributed by atoms with van der Waals surface area (Å²) in [5.41, 5.74) is 5.68. The molecular weight excluding hydrogens is 186 g/mol. The molecule has 0 aromatic carbocycles. The Morgan fingerprint density at radius 1 is 1.33 bits per heavy atom. The summed E-state index contributed by atoms with van der Waals surface area (Å²) >= 11 is 0. The Labute approximate surface area is 93.6 Å². The molecule has 1 saturated carbocycles. The highest BCUT2D eigenvalue weighted by Gasteiger charge is 2.30. The maximum Gasteiger partial charge on any atom is 0.0108 e. The summed E-state index contributed by atoms with van der Waals surface area (Å²) in [4.78, 5) is 5.10. The lowest BCUT2D eigenvalue weighted by atomic mass is 9.98. The molecule has 1 atom stereocenters. The van der Waals surface area contributed by atoms with E-state index in [4.69, 9.17) is 5.73 Å². The summed E-state index contributed by atoms with van der Waals surface area (Å²) in [5.74, 6) is 0.885. The Morgan fingerprint density at radius 3 is 2.73 bits per heavy atom. The monoisotopic (exact) mass is 211 g/mol. The van der Waals surface area contributed by atoms with Crippen LogP contribution >= 0.6 is 0 Å². The van der Waals surface area contributed by atoms with Gasteiger partial charge in [-0.25, -0.2) is 0 Å². The Bertz CT molecular complexity index is 191. The Morgan fingerprint density at radius 2 is 2.13 bits per heavy atom. The standard InChI is InChI=1S/C12H25N3/c1-14-7-2-3-11(9-14)10-15(8-6-13)12-4-5-12/h11-12H,2-10,13H2,1H3/t11-/m1/s1. The SMILES string of the molecule is CN1CCC[C@@H](CN(CCN)C2CC2)C1. The molecule has 15 heavy (non-hydrogen) atoms. The molecule has 1 saturated heterocycles. The number of nitrogens with zero attached hydrogens (tertiary/aromatic N) is 2. The molecular formula is C12H25N3. The number of hydrogen-bond donors (Lipinski definition) is 1. The molecule has 1 heterocycles. The van der Waals surface area contributed by atoms with Crippen molar-refractivity contribution in [1.82, 2.24) is 9.80 Å². The molecule has 3 nitrogen and oxygen atoms in total. The number of likely N-dealkylation sites (tertiary alicyclic amines) is 1. The molecule has 0 unspecified atom stereocenters. The smallest absolute Gasteiger partial charge is 0.0108 e. The minimum atomic E-state index is 0.819. The molecule has 0 amide bonds. The molecule has 2 rings (SSSR count). The molecule has 2 N–H and O–H groups in total. The first-order valence-corrected chi connectivity index (χ1v) is 6.42. The van der Waals surface area contributed by atoms with Crippen molar-refractivity contribution in [2.75, 3.05) is 39.8 Å². The first-order chi connectivity index (χ1) is 7.29. The second-order valence-electron chi connectivity index (χ2n) is 5.29. The fourth-order valence-corrected chi connectivity index (χ4v) is 2.78. The van der Waals surface area contributed by atoms with Crippen LogP contribution in [-0.2, 0) is 0 Å². The first kappa shape index (κ1) is 11.4. The highest BCUT2D eigenvalue weighted by molar-refractivity contribution is 4.86. The van der Waals surface area contributed by atoms with Crippen molar-refractivity contribution >= 4 is 0 Å². The van der Waals surface area contributed by atoms with Gasteiger partial charge in [-0.1, -0.05) is 0 Å². The maximum atomic E-state index is 5.68. The van der Waals surface area contributed by atoms with E-state index in [0.717, 1.165) is 25.0 Å². The van der Waals surface area contributed by atoms with Crippen LogP contribution in [0.15, 0.2) is 0 Å². The molecule has 2 fully saturated rings. The van der Waals surface area contributed by atoms with E-state index in [0.29, 0.717) is 0 Å². The van der Waals surface area contributed by atoms with Gasteiger partial charge in [-0.2, -0.15) is 0 Å². The van der Waals surface area contributed by atoms with Gasteiger partial charge in [-0.3, -0.25) is 4.90 Å². The minimum Gasteiger partial charge on any atom is -0.329 e. The van der Waals surface area contributed by atoms with Gasteiger partial charge in [0, 0.05) is 32.2 Å². The van der Waals surface area contributed by atoms with Crippen molar-refractivity contribution in [1.29, 1.82) is 0 Å². The molecule has 0 bridgehead atoms. The van der Waals surface area contributed by atoms with Crippen molar-refractivity contribution < 1.29 is 0 Å². The van der Waals surface area contributed by atoms with E-state index >= 15 is 0 Å². The highest BCUT2D eigenvalue weighted by Crippen LogP contribution is 2.28. The van der Waals surface area contributed by atoms with Gasteiger partial charge >= 0.3 is 0 Å². The predicted octanol–water partition coefficient (Wildman–Crippen LogP) is 0.751. The van der Waals surface area contributed by atoms with Gasteiger partial charge in [0.25, 0.3) is 0 Å². The van der Waals surface area contributed by atoms with Crippen molar-refractivity contribution in [2.24, 2.45) is 11.7 Å². The van der Waals surface area contributed by atoms with Crippen LogP contribution in [0.4, 0.5) is 0 Å². The second kappa shape index (κ2) is 5.28.